The summed E-state index contributed by atoms with van der Waals surface area (Å²) in [7, 11) is 0. The monoisotopic (exact) mass is 409 g/mol. The van der Waals surface area contributed by atoms with Crippen LogP contribution in [0.15, 0.2) is 47.0 Å². The molecular weight excluding hydrogens is 390 g/mol. The van der Waals surface area contributed by atoms with Crippen LogP contribution in [0.5, 0.6) is 17.2 Å². The molecule has 0 amide bonds. The molecule has 2 heterocycles. The van der Waals surface area contributed by atoms with Crippen molar-refractivity contribution < 1.29 is 33.1 Å². The van der Waals surface area contributed by atoms with Crippen molar-refractivity contribution in [1.29, 1.82) is 0 Å². The number of carbonyl (C=O) groups excluding carboxylic acids is 2. The Morgan fingerprint density at radius 1 is 1.00 bits per heavy atom. The highest BCUT2D eigenvalue weighted by Gasteiger charge is 2.18. The van der Waals surface area contributed by atoms with Crippen molar-refractivity contribution in [2.45, 2.75) is 20.5 Å². The fourth-order valence-corrected chi connectivity index (χ4v) is 2.92. The van der Waals surface area contributed by atoms with Crippen molar-refractivity contribution in [2.75, 3.05) is 13.4 Å². The van der Waals surface area contributed by atoms with E-state index < -0.39 is 5.97 Å². The molecule has 8 nitrogen and oxygen atoms in total. The molecule has 0 fully saturated rings. The Hall–Kier alpha value is -3.81. The molecule has 0 unspecified atom stereocenters. The Balaban J connectivity index is 1.31. The zero-order chi connectivity index (χ0) is 21.1. The summed E-state index contributed by atoms with van der Waals surface area (Å²) in [5.74, 6) is 1.45. The molecule has 1 aliphatic rings. The lowest BCUT2D eigenvalue weighted by atomic mass is 10.1. The van der Waals surface area contributed by atoms with E-state index in [9.17, 15) is 9.59 Å². The molecule has 0 N–H and O–H groups in total. The third-order valence-electron chi connectivity index (χ3n) is 4.68. The zero-order valence-corrected chi connectivity index (χ0v) is 16.5. The first-order chi connectivity index (χ1) is 14.5. The lowest BCUT2D eigenvalue weighted by molar-refractivity contribution is 0.0474. The van der Waals surface area contributed by atoms with E-state index in [1.54, 1.807) is 42.5 Å². The molecule has 2 aromatic carbocycles. The van der Waals surface area contributed by atoms with Crippen LogP contribution in [0, 0.1) is 13.8 Å². The van der Waals surface area contributed by atoms with Crippen molar-refractivity contribution >= 4 is 11.8 Å². The Morgan fingerprint density at radius 3 is 2.47 bits per heavy atom. The van der Waals surface area contributed by atoms with Gasteiger partial charge in [-0.15, -0.1) is 0 Å². The summed E-state index contributed by atoms with van der Waals surface area (Å²) < 4.78 is 26.4. The van der Waals surface area contributed by atoms with Crippen molar-refractivity contribution in [3.8, 4) is 17.2 Å². The molecule has 0 atom stereocenters. The number of esters is 1. The van der Waals surface area contributed by atoms with Gasteiger partial charge in [0.2, 0.25) is 6.79 Å². The van der Waals surface area contributed by atoms with Gasteiger partial charge in [0.25, 0.3) is 0 Å². The lowest BCUT2D eigenvalue weighted by Crippen LogP contribution is -2.14. The largest absolute Gasteiger partial charge is 0.489 e. The van der Waals surface area contributed by atoms with E-state index in [-0.39, 0.29) is 19.2 Å². The maximum absolute atomic E-state index is 12.3. The first-order valence-corrected chi connectivity index (χ1v) is 9.26. The minimum Gasteiger partial charge on any atom is -0.489 e. The summed E-state index contributed by atoms with van der Waals surface area (Å²) in [6, 6.07) is 11.3. The number of nitrogens with zero attached hydrogens (tertiary/aromatic N) is 1. The van der Waals surface area contributed by atoms with Gasteiger partial charge in [0.05, 0.1) is 16.8 Å². The molecule has 8 heteroatoms. The molecule has 0 aliphatic carbocycles. The van der Waals surface area contributed by atoms with Crippen LogP contribution in [0.4, 0.5) is 0 Å². The molecule has 4 rings (SSSR count). The second kappa shape index (κ2) is 8.28. The summed E-state index contributed by atoms with van der Waals surface area (Å²) >= 11 is 0. The standard InChI is InChI=1S/C22H19NO7/c1-13-18(14(2)30-23-13)10-26-17-6-3-15(4-7-17)22(25)27-11-19(24)16-5-8-20-21(9-16)29-12-28-20/h3-9H,10-12H2,1-2H3. The van der Waals surface area contributed by atoms with Crippen LogP contribution in [0.2, 0.25) is 0 Å². The normalized spacial score (nSPS) is 11.9. The van der Waals surface area contributed by atoms with Gasteiger partial charge in [-0.2, -0.15) is 0 Å². The first kappa shape index (κ1) is 19.5. The van der Waals surface area contributed by atoms with Gasteiger partial charge in [-0.1, -0.05) is 5.16 Å². The van der Waals surface area contributed by atoms with Gasteiger partial charge in [0.1, 0.15) is 18.1 Å². The number of fused-ring (bicyclic) bond motifs is 1. The third kappa shape index (κ3) is 4.12. The van der Waals surface area contributed by atoms with E-state index in [0.717, 1.165) is 11.3 Å². The Kier molecular flexibility index (Phi) is 5.38. The SMILES string of the molecule is Cc1noc(C)c1COc1ccc(C(=O)OCC(=O)c2ccc3c(c2)OCO3)cc1. The number of benzene rings is 2. The number of carbonyl (C=O) groups is 2. The van der Waals surface area contributed by atoms with Gasteiger partial charge in [-0.25, -0.2) is 4.79 Å². The Labute approximate surface area is 172 Å². The highest BCUT2D eigenvalue weighted by Crippen LogP contribution is 2.32. The topological polar surface area (TPSA) is 97.1 Å². The van der Waals surface area contributed by atoms with Crippen molar-refractivity contribution in [1.82, 2.24) is 5.16 Å². The van der Waals surface area contributed by atoms with Gasteiger partial charge < -0.3 is 23.5 Å². The van der Waals surface area contributed by atoms with E-state index >= 15 is 0 Å². The molecule has 30 heavy (non-hydrogen) atoms. The molecule has 0 radical (unpaired) electrons. The fourth-order valence-electron chi connectivity index (χ4n) is 2.92. The number of aromatic nitrogens is 1. The number of ketones is 1. The zero-order valence-electron chi connectivity index (χ0n) is 16.5. The molecule has 1 aliphatic heterocycles. The molecular formula is C22H19NO7. The summed E-state index contributed by atoms with van der Waals surface area (Å²) in [5, 5.41) is 3.88. The second-order valence-corrected chi connectivity index (χ2v) is 6.68. The number of Topliss-reactive ketones (excluding diaryl/α,β-unsaturated/α-hetero) is 1. The van der Waals surface area contributed by atoms with E-state index in [0.29, 0.717) is 40.7 Å². The highest BCUT2D eigenvalue weighted by molar-refractivity contribution is 5.99. The maximum Gasteiger partial charge on any atom is 0.338 e. The van der Waals surface area contributed by atoms with Crippen LogP contribution in [0.3, 0.4) is 0 Å². The van der Waals surface area contributed by atoms with Crippen LogP contribution < -0.4 is 14.2 Å². The van der Waals surface area contributed by atoms with Gasteiger partial charge in [0.15, 0.2) is 23.9 Å². The van der Waals surface area contributed by atoms with E-state index in [4.69, 9.17) is 23.5 Å². The summed E-state index contributed by atoms with van der Waals surface area (Å²) in [6.07, 6.45) is 0. The molecule has 154 valence electrons. The highest BCUT2D eigenvalue weighted by atomic mass is 16.7. The maximum atomic E-state index is 12.3. The predicted octanol–water partition coefficient (Wildman–Crippen LogP) is 3.64. The van der Waals surface area contributed by atoms with E-state index in [2.05, 4.69) is 5.16 Å². The van der Waals surface area contributed by atoms with Gasteiger partial charge in [0, 0.05) is 5.56 Å². The van der Waals surface area contributed by atoms with Gasteiger partial charge in [-0.3, -0.25) is 4.79 Å². The van der Waals surface area contributed by atoms with Crippen LogP contribution in [0.25, 0.3) is 0 Å². The molecule has 0 spiro atoms. The number of hydrogen-bond donors (Lipinski definition) is 0. The van der Waals surface area contributed by atoms with E-state index in [1.807, 2.05) is 13.8 Å². The third-order valence-corrected chi connectivity index (χ3v) is 4.68. The minimum absolute atomic E-state index is 0.125. The molecule has 0 saturated heterocycles. The summed E-state index contributed by atoms with van der Waals surface area (Å²) in [5.41, 5.74) is 2.37. The minimum atomic E-state index is -0.596. The van der Waals surface area contributed by atoms with Gasteiger partial charge in [-0.05, 0) is 56.3 Å². The predicted molar refractivity (Wildman–Crippen MR) is 104 cm³/mol. The average molecular weight is 409 g/mol. The number of ether oxygens (including phenoxy) is 4. The Bertz CT molecular complexity index is 1070. The Morgan fingerprint density at radius 2 is 1.73 bits per heavy atom. The molecule has 0 bridgehead atoms. The van der Waals surface area contributed by atoms with Crippen LogP contribution in [0.1, 0.15) is 37.7 Å². The second-order valence-electron chi connectivity index (χ2n) is 6.68. The lowest BCUT2D eigenvalue weighted by Gasteiger charge is -2.08. The first-order valence-electron chi connectivity index (χ1n) is 9.26. The number of aryl methyl sites for hydroxylation is 2. The number of rotatable bonds is 7. The van der Waals surface area contributed by atoms with Crippen molar-refractivity contribution in [3.05, 3.63) is 70.6 Å². The molecule has 1 aromatic heterocycles. The van der Waals surface area contributed by atoms with Crippen LogP contribution >= 0.6 is 0 Å². The van der Waals surface area contributed by atoms with Crippen molar-refractivity contribution in [2.24, 2.45) is 0 Å². The van der Waals surface area contributed by atoms with Gasteiger partial charge >= 0.3 is 5.97 Å². The van der Waals surface area contributed by atoms with Crippen LogP contribution in [-0.4, -0.2) is 30.3 Å². The van der Waals surface area contributed by atoms with Crippen LogP contribution in [-0.2, 0) is 11.3 Å². The molecule has 3 aromatic rings. The summed E-state index contributed by atoms with van der Waals surface area (Å²) in [4.78, 5) is 24.5. The average Bonchev–Trinajstić information content (AvgIpc) is 3.36. The quantitative estimate of drug-likeness (QED) is 0.431. The number of hydrogen-bond acceptors (Lipinski definition) is 8. The smallest absolute Gasteiger partial charge is 0.338 e. The van der Waals surface area contributed by atoms with E-state index in [1.165, 1.54) is 0 Å². The molecule has 0 saturated carbocycles. The fraction of sp³-hybridized carbons (Fsp3) is 0.227. The summed E-state index contributed by atoms with van der Waals surface area (Å²) in [6.45, 7) is 3.74. The van der Waals surface area contributed by atoms with Crippen molar-refractivity contribution in [3.63, 3.8) is 0 Å².